The van der Waals surface area contributed by atoms with E-state index in [0.29, 0.717) is 11.3 Å². The third-order valence-corrected chi connectivity index (χ3v) is 7.59. The summed E-state index contributed by atoms with van der Waals surface area (Å²) in [6.07, 6.45) is 5.91. The molecule has 0 N–H and O–H groups in total. The molecule has 0 aliphatic carbocycles. The maximum absolute atomic E-state index is 4.53. The van der Waals surface area contributed by atoms with Gasteiger partial charge in [0.25, 0.3) is 0 Å². The van der Waals surface area contributed by atoms with Crippen molar-refractivity contribution in [1.82, 2.24) is 4.90 Å². The number of aryl methyl sites for hydroxylation is 2. The van der Waals surface area contributed by atoms with Crippen LogP contribution in [0.4, 0.5) is 5.69 Å². The molecule has 2 unspecified atom stereocenters. The highest BCUT2D eigenvalue weighted by Crippen LogP contribution is 2.33. The van der Waals surface area contributed by atoms with Crippen molar-refractivity contribution in [2.24, 2.45) is 27.5 Å². The normalized spacial score (nSPS) is 23.1. The molecule has 2 aliphatic rings. The number of hydrogen-bond donors (Lipinski definition) is 1. The minimum atomic E-state index is 0.316. The summed E-state index contributed by atoms with van der Waals surface area (Å²) in [6, 6.07) is 17.7. The van der Waals surface area contributed by atoms with Gasteiger partial charge in [0, 0.05) is 56.1 Å². The molecular weight excluding hydrogens is 460 g/mol. The molecule has 0 amide bonds. The number of allylic oxidation sites excluding steroid dienone is 1. The fraction of sp³-hybridized carbons (Fsp3) is 0.484. The molecule has 4 rings (SSSR count). The zero-order chi connectivity index (χ0) is 25.7. The molecular formula is C31H42N4S. The Morgan fingerprint density at radius 1 is 1.08 bits per heavy atom. The highest BCUT2D eigenvalue weighted by atomic mass is 32.1. The third-order valence-electron chi connectivity index (χ3n) is 7.28. The van der Waals surface area contributed by atoms with Crippen LogP contribution < -0.4 is 4.90 Å². The first-order valence-corrected chi connectivity index (χ1v) is 13.7. The first-order chi connectivity index (χ1) is 17.2. The molecule has 192 valence electrons. The molecule has 5 heteroatoms. The molecule has 2 aliphatic heterocycles. The summed E-state index contributed by atoms with van der Waals surface area (Å²) >= 11 is 4.53. The second kappa shape index (κ2) is 11.8. The molecule has 2 atom stereocenters. The molecule has 0 bridgehead atoms. The standard InChI is InChI=1S/C31H42N4S/c1-23-6-8-26(9-7-23)12-15-30(36)33-32-18-28-16-25(3)35(21-28)29-13-10-27(11-14-29)20-34-19-24(2)17-31(4,5)22-34/h6-11,13-14,18,24,28H,3,12,15-17,19-22H2,1-2,4-5H3,(H,33,36)/b32-18+. The van der Waals surface area contributed by atoms with Gasteiger partial charge in [0.2, 0.25) is 0 Å². The molecule has 36 heavy (non-hydrogen) atoms. The van der Waals surface area contributed by atoms with Gasteiger partial charge in [-0.3, -0.25) is 4.90 Å². The van der Waals surface area contributed by atoms with E-state index in [1.54, 1.807) is 0 Å². The van der Waals surface area contributed by atoms with E-state index in [1.165, 1.54) is 41.9 Å². The summed E-state index contributed by atoms with van der Waals surface area (Å²) in [5.74, 6) is 1.08. The minimum absolute atomic E-state index is 0.316. The summed E-state index contributed by atoms with van der Waals surface area (Å²) < 4.78 is 0. The van der Waals surface area contributed by atoms with Crippen LogP contribution in [-0.4, -0.2) is 35.8 Å². The van der Waals surface area contributed by atoms with Crippen molar-refractivity contribution < 1.29 is 0 Å². The highest BCUT2D eigenvalue weighted by Gasteiger charge is 2.30. The zero-order valence-corrected chi connectivity index (χ0v) is 23.3. The summed E-state index contributed by atoms with van der Waals surface area (Å²) in [4.78, 5) is 4.93. The number of thiol groups is 1. The van der Waals surface area contributed by atoms with Crippen molar-refractivity contribution in [3.05, 3.63) is 77.5 Å². The lowest BCUT2D eigenvalue weighted by Crippen LogP contribution is -2.43. The number of nitrogens with zero attached hydrogens (tertiary/aromatic N) is 4. The summed E-state index contributed by atoms with van der Waals surface area (Å²) in [7, 11) is 0. The van der Waals surface area contributed by atoms with Gasteiger partial charge in [-0.15, -0.1) is 17.7 Å². The first-order valence-electron chi connectivity index (χ1n) is 13.3. The average Bonchev–Trinajstić information content (AvgIpc) is 3.18. The van der Waals surface area contributed by atoms with Crippen molar-refractivity contribution >= 4 is 29.6 Å². The monoisotopic (exact) mass is 502 g/mol. The quantitative estimate of drug-likeness (QED) is 0.180. The fourth-order valence-corrected chi connectivity index (χ4v) is 5.99. The molecule has 4 nitrogen and oxygen atoms in total. The van der Waals surface area contributed by atoms with E-state index in [4.69, 9.17) is 0 Å². The Morgan fingerprint density at radius 3 is 2.47 bits per heavy atom. The lowest BCUT2D eigenvalue weighted by atomic mass is 9.79. The topological polar surface area (TPSA) is 31.2 Å². The number of likely N-dealkylation sites (tertiary alicyclic amines) is 1. The van der Waals surface area contributed by atoms with Gasteiger partial charge in [0.05, 0.1) is 5.04 Å². The lowest BCUT2D eigenvalue weighted by Gasteiger charge is -2.41. The third kappa shape index (κ3) is 7.57. The van der Waals surface area contributed by atoms with Crippen molar-refractivity contribution in [2.45, 2.75) is 59.9 Å². The van der Waals surface area contributed by atoms with Gasteiger partial charge >= 0.3 is 0 Å². The van der Waals surface area contributed by atoms with E-state index in [0.717, 1.165) is 49.0 Å². The smallest absolute Gasteiger partial charge is 0.0931 e. The van der Waals surface area contributed by atoms with Crippen LogP contribution in [0, 0.1) is 24.2 Å². The van der Waals surface area contributed by atoms with Crippen LogP contribution >= 0.6 is 12.6 Å². The highest BCUT2D eigenvalue weighted by molar-refractivity contribution is 7.97. The Labute approximate surface area is 223 Å². The van der Waals surface area contributed by atoms with Crippen LogP contribution in [0.3, 0.4) is 0 Å². The van der Waals surface area contributed by atoms with Crippen molar-refractivity contribution in [1.29, 1.82) is 0 Å². The largest absolute Gasteiger partial charge is 0.345 e. The summed E-state index contributed by atoms with van der Waals surface area (Å²) in [5, 5.41) is 9.44. The van der Waals surface area contributed by atoms with Crippen LogP contribution in [0.5, 0.6) is 0 Å². The van der Waals surface area contributed by atoms with Crippen molar-refractivity contribution in [2.75, 3.05) is 24.5 Å². The second-order valence-electron chi connectivity index (χ2n) is 11.7. The Balaban J connectivity index is 1.27. The maximum atomic E-state index is 4.53. The van der Waals surface area contributed by atoms with Crippen LogP contribution in [0.1, 0.15) is 56.7 Å². The number of piperidine rings is 1. The van der Waals surface area contributed by atoms with E-state index in [-0.39, 0.29) is 0 Å². The molecule has 0 aromatic heterocycles. The fourth-order valence-electron chi connectivity index (χ4n) is 5.83. The summed E-state index contributed by atoms with van der Waals surface area (Å²) in [6.45, 7) is 17.9. The Morgan fingerprint density at radius 2 is 1.78 bits per heavy atom. The number of anilines is 1. The van der Waals surface area contributed by atoms with Gasteiger partial charge in [0.15, 0.2) is 0 Å². The predicted molar refractivity (Wildman–Crippen MR) is 158 cm³/mol. The van der Waals surface area contributed by atoms with Crippen molar-refractivity contribution in [3.8, 4) is 0 Å². The molecule has 0 spiro atoms. The van der Waals surface area contributed by atoms with Crippen LogP contribution in [0.2, 0.25) is 0 Å². The number of hydrogen-bond acceptors (Lipinski definition) is 4. The summed E-state index contributed by atoms with van der Waals surface area (Å²) in [5.41, 5.74) is 6.72. The average molecular weight is 503 g/mol. The van der Waals surface area contributed by atoms with Gasteiger partial charge < -0.3 is 4.90 Å². The Bertz CT molecular complexity index is 1080. The molecule has 2 heterocycles. The van der Waals surface area contributed by atoms with E-state index in [1.807, 2.05) is 6.21 Å². The molecule has 2 aromatic rings. The Kier molecular flexibility index (Phi) is 8.74. The van der Waals surface area contributed by atoms with Crippen LogP contribution in [-0.2, 0) is 13.0 Å². The Hall–Kier alpha value is -2.37. The molecule has 2 fully saturated rings. The van der Waals surface area contributed by atoms with Gasteiger partial charge in [-0.05, 0) is 60.8 Å². The van der Waals surface area contributed by atoms with E-state index in [9.17, 15) is 0 Å². The molecule has 2 saturated heterocycles. The van der Waals surface area contributed by atoms with Gasteiger partial charge in [-0.1, -0.05) is 69.3 Å². The molecule has 0 saturated carbocycles. The number of rotatable bonds is 8. The number of benzene rings is 2. The van der Waals surface area contributed by atoms with E-state index in [2.05, 4.69) is 115 Å². The maximum Gasteiger partial charge on any atom is 0.0931 e. The predicted octanol–water partition coefficient (Wildman–Crippen LogP) is 7.15. The first kappa shape index (κ1) is 26.7. The van der Waals surface area contributed by atoms with Gasteiger partial charge in [-0.2, -0.15) is 5.10 Å². The van der Waals surface area contributed by atoms with Crippen LogP contribution in [0.15, 0.2) is 71.0 Å². The van der Waals surface area contributed by atoms with E-state index < -0.39 is 0 Å². The van der Waals surface area contributed by atoms with Crippen LogP contribution in [0.25, 0.3) is 0 Å². The second-order valence-corrected chi connectivity index (χ2v) is 12.2. The lowest BCUT2D eigenvalue weighted by molar-refractivity contribution is 0.0743. The SMILES string of the molecule is C=C1CC(/C=N/N=C(\S)CCc2ccc(C)cc2)CN1c1ccc(CN2CC(C)CC(C)(C)C2)cc1. The minimum Gasteiger partial charge on any atom is -0.345 e. The van der Waals surface area contributed by atoms with Gasteiger partial charge in [0.1, 0.15) is 0 Å². The zero-order valence-electron chi connectivity index (χ0n) is 22.5. The van der Waals surface area contributed by atoms with Gasteiger partial charge in [-0.25, -0.2) is 0 Å². The van der Waals surface area contributed by atoms with E-state index >= 15 is 0 Å². The molecule has 2 aromatic carbocycles. The molecule has 0 radical (unpaired) electrons. The van der Waals surface area contributed by atoms with Crippen molar-refractivity contribution in [3.63, 3.8) is 0 Å².